The Kier molecular flexibility index (Phi) is 1.97. The smallest absolute Gasteiger partial charge is 0.123 e. The second-order valence-electron chi connectivity index (χ2n) is 3.94. The third-order valence-electron chi connectivity index (χ3n) is 2.84. The van der Waals surface area contributed by atoms with Gasteiger partial charge in [0, 0.05) is 6.04 Å². The lowest BCUT2D eigenvalue weighted by Crippen LogP contribution is -2.06. The number of halogens is 1. The average Bonchev–Trinajstić information content (AvgIpc) is 3.00. The van der Waals surface area contributed by atoms with Crippen molar-refractivity contribution < 1.29 is 0 Å². The molecule has 1 heterocycles. The summed E-state index contributed by atoms with van der Waals surface area (Å²) in [5.41, 5.74) is 7.70. The van der Waals surface area contributed by atoms with Gasteiger partial charge in [-0.25, -0.2) is 4.98 Å². The van der Waals surface area contributed by atoms with Gasteiger partial charge in [-0.3, -0.25) is 0 Å². The fourth-order valence-electron chi connectivity index (χ4n) is 2.02. The molecule has 0 aliphatic heterocycles. The third kappa shape index (κ3) is 1.34. The van der Waals surface area contributed by atoms with E-state index in [2.05, 4.69) is 15.6 Å². The summed E-state index contributed by atoms with van der Waals surface area (Å²) in [6.45, 7) is 0.474. The zero-order valence-corrected chi connectivity index (χ0v) is 9.04. The number of benzene rings is 1. The molecule has 1 aliphatic carbocycles. The van der Waals surface area contributed by atoms with Gasteiger partial charge in [-0.15, -0.1) is 0 Å². The van der Waals surface area contributed by atoms with Gasteiger partial charge in [0.2, 0.25) is 0 Å². The molecular weight excluding hydrogens is 210 g/mol. The van der Waals surface area contributed by atoms with Crippen LogP contribution in [0.2, 0.25) is 5.02 Å². The highest BCUT2D eigenvalue weighted by Gasteiger charge is 2.27. The summed E-state index contributed by atoms with van der Waals surface area (Å²) in [4.78, 5) is 4.50. The summed E-state index contributed by atoms with van der Waals surface area (Å²) in [5, 5.41) is 0.710. The van der Waals surface area contributed by atoms with Crippen LogP contribution < -0.4 is 5.73 Å². The van der Waals surface area contributed by atoms with Crippen molar-refractivity contribution in [3.63, 3.8) is 0 Å². The molecule has 0 unspecified atom stereocenters. The second-order valence-corrected chi connectivity index (χ2v) is 4.35. The van der Waals surface area contributed by atoms with Crippen LogP contribution in [0, 0.1) is 0 Å². The van der Waals surface area contributed by atoms with E-state index < -0.39 is 0 Å². The van der Waals surface area contributed by atoms with E-state index in [9.17, 15) is 0 Å². The summed E-state index contributed by atoms with van der Waals surface area (Å²) in [7, 11) is 0. The van der Waals surface area contributed by atoms with E-state index in [0.29, 0.717) is 17.6 Å². The first-order valence-electron chi connectivity index (χ1n) is 5.16. The van der Waals surface area contributed by atoms with Crippen molar-refractivity contribution in [3.05, 3.63) is 29.0 Å². The van der Waals surface area contributed by atoms with Gasteiger partial charge >= 0.3 is 0 Å². The molecule has 1 saturated carbocycles. The number of rotatable bonds is 2. The minimum absolute atomic E-state index is 0.474. The Balaban J connectivity index is 2.33. The standard InChI is InChI=1S/C11H12ClN3/c12-8-2-1-3-9-11(8)14-10(6-13)15(9)7-4-5-7/h1-3,7H,4-6,13H2. The van der Waals surface area contributed by atoms with Crippen molar-refractivity contribution >= 4 is 22.6 Å². The number of aromatic nitrogens is 2. The monoisotopic (exact) mass is 221 g/mol. The first-order chi connectivity index (χ1) is 7.31. The lowest BCUT2D eigenvalue weighted by molar-refractivity contribution is 0.701. The van der Waals surface area contributed by atoms with Gasteiger partial charge in [0.1, 0.15) is 11.3 Å². The fourth-order valence-corrected chi connectivity index (χ4v) is 2.23. The average molecular weight is 222 g/mol. The van der Waals surface area contributed by atoms with E-state index in [-0.39, 0.29) is 0 Å². The van der Waals surface area contributed by atoms with E-state index in [1.807, 2.05) is 12.1 Å². The number of fused-ring (bicyclic) bond motifs is 1. The molecular formula is C11H12ClN3. The van der Waals surface area contributed by atoms with Crippen molar-refractivity contribution in [1.29, 1.82) is 0 Å². The molecule has 2 aromatic rings. The summed E-state index contributed by atoms with van der Waals surface area (Å²) in [6.07, 6.45) is 2.45. The van der Waals surface area contributed by atoms with Crippen LogP contribution in [-0.2, 0) is 6.54 Å². The summed E-state index contributed by atoms with van der Waals surface area (Å²) < 4.78 is 2.24. The molecule has 3 nitrogen and oxygen atoms in total. The van der Waals surface area contributed by atoms with Crippen LogP contribution in [0.5, 0.6) is 0 Å². The Labute approximate surface area is 92.8 Å². The Morgan fingerprint density at radius 3 is 2.93 bits per heavy atom. The SMILES string of the molecule is NCc1nc2c(Cl)cccc2n1C1CC1. The summed E-state index contributed by atoms with van der Waals surface area (Å²) in [5.74, 6) is 0.945. The van der Waals surface area contributed by atoms with Crippen molar-refractivity contribution in [3.8, 4) is 0 Å². The second kappa shape index (κ2) is 3.22. The minimum atomic E-state index is 0.474. The normalized spacial score (nSPS) is 16.1. The maximum Gasteiger partial charge on any atom is 0.123 e. The van der Waals surface area contributed by atoms with Gasteiger partial charge in [-0.05, 0) is 25.0 Å². The van der Waals surface area contributed by atoms with Crippen molar-refractivity contribution in [2.45, 2.75) is 25.4 Å². The Morgan fingerprint density at radius 1 is 1.47 bits per heavy atom. The number of hydrogen-bond donors (Lipinski definition) is 1. The molecule has 0 spiro atoms. The minimum Gasteiger partial charge on any atom is -0.324 e. The molecule has 4 heteroatoms. The van der Waals surface area contributed by atoms with E-state index in [1.54, 1.807) is 0 Å². The molecule has 1 aromatic carbocycles. The zero-order valence-electron chi connectivity index (χ0n) is 8.28. The van der Waals surface area contributed by atoms with Gasteiger partial charge in [-0.1, -0.05) is 17.7 Å². The Morgan fingerprint density at radius 2 is 2.27 bits per heavy atom. The lowest BCUT2D eigenvalue weighted by atomic mass is 10.3. The van der Waals surface area contributed by atoms with Crippen LogP contribution >= 0.6 is 11.6 Å². The van der Waals surface area contributed by atoms with Gasteiger partial charge in [-0.2, -0.15) is 0 Å². The lowest BCUT2D eigenvalue weighted by Gasteiger charge is -2.04. The van der Waals surface area contributed by atoms with Crippen molar-refractivity contribution in [1.82, 2.24) is 9.55 Å². The molecule has 0 bridgehead atoms. The number of para-hydroxylation sites is 1. The van der Waals surface area contributed by atoms with Crippen molar-refractivity contribution in [2.24, 2.45) is 5.73 Å². The molecule has 2 N–H and O–H groups in total. The maximum absolute atomic E-state index is 6.11. The highest BCUT2D eigenvalue weighted by Crippen LogP contribution is 2.39. The van der Waals surface area contributed by atoms with E-state index in [0.717, 1.165) is 16.9 Å². The zero-order chi connectivity index (χ0) is 10.4. The number of hydrogen-bond acceptors (Lipinski definition) is 2. The summed E-state index contributed by atoms with van der Waals surface area (Å²) in [6, 6.07) is 6.48. The molecule has 0 saturated heterocycles. The number of nitrogens with two attached hydrogens (primary N) is 1. The fraction of sp³-hybridized carbons (Fsp3) is 0.364. The van der Waals surface area contributed by atoms with Crippen LogP contribution in [-0.4, -0.2) is 9.55 Å². The summed E-state index contributed by atoms with van der Waals surface area (Å²) >= 11 is 6.11. The molecule has 0 radical (unpaired) electrons. The maximum atomic E-state index is 6.11. The number of nitrogens with zero attached hydrogens (tertiary/aromatic N) is 2. The number of imidazole rings is 1. The van der Waals surface area contributed by atoms with Crippen molar-refractivity contribution in [2.75, 3.05) is 0 Å². The van der Waals surface area contributed by atoms with Crippen LogP contribution in [0.1, 0.15) is 24.7 Å². The van der Waals surface area contributed by atoms with Gasteiger partial charge in [0.05, 0.1) is 17.1 Å². The predicted octanol–water partition coefficient (Wildman–Crippen LogP) is 2.48. The molecule has 78 valence electrons. The van der Waals surface area contributed by atoms with Gasteiger partial charge in [0.25, 0.3) is 0 Å². The Hall–Kier alpha value is -1.06. The largest absolute Gasteiger partial charge is 0.324 e. The molecule has 1 aliphatic rings. The van der Waals surface area contributed by atoms with Crippen LogP contribution in [0.25, 0.3) is 11.0 Å². The van der Waals surface area contributed by atoms with Crippen LogP contribution in [0.3, 0.4) is 0 Å². The molecule has 0 amide bonds. The quantitative estimate of drug-likeness (QED) is 0.847. The molecule has 0 atom stereocenters. The topological polar surface area (TPSA) is 43.8 Å². The van der Waals surface area contributed by atoms with Gasteiger partial charge < -0.3 is 10.3 Å². The first-order valence-corrected chi connectivity index (χ1v) is 5.54. The van der Waals surface area contributed by atoms with E-state index in [4.69, 9.17) is 17.3 Å². The van der Waals surface area contributed by atoms with E-state index in [1.165, 1.54) is 12.8 Å². The van der Waals surface area contributed by atoms with Crippen LogP contribution in [0.4, 0.5) is 0 Å². The predicted molar refractivity (Wildman–Crippen MR) is 60.9 cm³/mol. The highest BCUT2D eigenvalue weighted by molar-refractivity contribution is 6.34. The molecule has 3 rings (SSSR count). The molecule has 15 heavy (non-hydrogen) atoms. The van der Waals surface area contributed by atoms with Gasteiger partial charge in [0.15, 0.2) is 0 Å². The van der Waals surface area contributed by atoms with E-state index >= 15 is 0 Å². The van der Waals surface area contributed by atoms with Crippen LogP contribution in [0.15, 0.2) is 18.2 Å². The third-order valence-corrected chi connectivity index (χ3v) is 3.14. The molecule has 1 fully saturated rings. The first kappa shape index (κ1) is 9.19. The Bertz CT molecular complexity index is 514. The highest BCUT2D eigenvalue weighted by atomic mass is 35.5. The molecule has 1 aromatic heterocycles.